The second kappa shape index (κ2) is 4.39. The fourth-order valence-electron chi connectivity index (χ4n) is 5.68. The van der Waals surface area contributed by atoms with E-state index in [0.717, 1.165) is 11.1 Å². The van der Waals surface area contributed by atoms with Crippen LogP contribution in [0.1, 0.15) is 70.0 Å². The summed E-state index contributed by atoms with van der Waals surface area (Å²) >= 11 is 0. The van der Waals surface area contributed by atoms with Crippen molar-refractivity contribution in [2.75, 3.05) is 4.90 Å². The Morgan fingerprint density at radius 3 is 2.50 bits per heavy atom. The smallest absolute Gasteiger partial charge is 0.297 e. The molecule has 0 spiro atoms. The topological polar surface area (TPSA) is 29.5 Å². The van der Waals surface area contributed by atoms with Crippen LogP contribution in [0.25, 0.3) is 11.2 Å². The van der Waals surface area contributed by atoms with Crippen LogP contribution < -0.4 is 4.90 Å². The number of benzene rings is 1. The van der Waals surface area contributed by atoms with Crippen LogP contribution in [0, 0.1) is 12.3 Å². The minimum Gasteiger partial charge on any atom is -0.433 e. The van der Waals surface area contributed by atoms with Crippen molar-refractivity contribution in [1.29, 1.82) is 0 Å². The average Bonchev–Trinajstić information content (AvgIpc) is 3.19. The molecule has 3 heteroatoms. The van der Waals surface area contributed by atoms with Gasteiger partial charge in [0.15, 0.2) is 0 Å². The van der Waals surface area contributed by atoms with Crippen LogP contribution in [0.5, 0.6) is 0 Å². The van der Waals surface area contributed by atoms with Gasteiger partial charge in [-0.3, -0.25) is 0 Å². The number of hydrogen-bond donors (Lipinski definition) is 0. The van der Waals surface area contributed by atoms with E-state index in [1.54, 1.807) is 6.26 Å². The molecule has 0 aliphatic carbocycles. The molecule has 2 aromatic heterocycles. The molecule has 0 saturated heterocycles. The van der Waals surface area contributed by atoms with Gasteiger partial charge in [0.1, 0.15) is 11.3 Å². The van der Waals surface area contributed by atoms with E-state index in [-0.39, 0.29) is 22.4 Å². The van der Waals surface area contributed by atoms with Crippen molar-refractivity contribution in [3.8, 4) is 0 Å². The standard InChI is InChI=1S/C23H27NO2/c1-13-9-8-10-16-18(13)24-14(2)17-15-11-12-25-20(15)26-19(17)23(24,7)22(5,6)21(16,3)4/h8-12,14H,1-7H3/t14-,23?/m0/s1. The van der Waals surface area contributed by atoms with Crippen LogP contribution in [0.2, 0.25) is 0 Å². The predicted molar refractivity (Wildman–Crippen MR) is 105 cm³/mol. The number of aryl methyl sites for hydroxylation is 1. The van der Waals surface area contributed by atoms with E-state index in [1.165, 1.54) is 22.4 Å². The van der Waals surface area contributed by atoms with Gasteiger partial charge in [-0.05, 0) is 43.4 Å². The Labute approximate surface area is 155 Å². The molecule has 0 saturated carbocycles. The molecule has 1 aromatic carbocycles. The SMILES string of the molecule is Cc1cccc2c1N1[C@@H](C)c3c(oc4occc34)C1(C)C(C)(C)C2(C)C. The summed E-state index contributed by atoms with van der Waals surface area (Å²) in [7, 11) is 0. The van der Waals surface area contributed by atoms with Gasteiger partial charge in [0.2, 0.25) is 0 Å². The quantitative estimate of drug-likeness (QED) is 0.467. The van der Waals surface area contributed by atoms with Gasteiger partial charge in [0.25, 0.3) is 5.78 Å². The minimum absolute atomic E-state index is 0.00510. The summed E-state index contributed by atoms with van der Waals surface area (Å²) in [4.78, 5) is 2.61. The molecule has 2 aliphatic rings. The molecule has 0 radical (unpaired) electrons. The molecule has 0 bridgehead atoms. The van der Waals surface area contributed by atoms with Crippen LogP contribution in [-0.4, -0.2) is 0 Å². The Morgan fingerprint density at radius 2 is 1.77 bits per heavy atom. The van der Waals surface area contributed by atoms with Crippen LogP contribution in [0.4, 0.5) is 5.69 Å². The number of rotatable bonds is 0. The zero-order valence-electron chi connectivity index (χ0n) is 16.7. The van der Waals surface area contributed by atoms with Gasteiger partial charge in [-0.1, -0.05) is 45.9 Å². The number of hydrogen-bond acceptors (Lipinski definition) is 3. The Morgan fingerprint density at radius 1 is 1.04 bits per heavy atom. The van der Waals surface area contributed by atoms with E-state index in [4.69, 9.17) is 8.83 Å². The molecule has 5 rings (SSSR count). The molecule has 26 heavy (non-hydrogen) atoms. The van der Waals surface area contributed by atoms with Crippen LogP contribution in [0.3, 0.4) is 0 Å². The van der Waals surface area contributed by atoms with E-state index in [1.807, 2.05) is 6.07 Å². The highest BCUT2D eigenvalue weighted by Gasteiger charge is 2.66. The monoisotopic (exact) mass is 349 g/mol. The first-order valence-corrected chi connectivity index (χ1v) is 9.54. The molecular formula is C23H27NO2. The van der Waals surface area contributed by atoms with Crippen molar-refractivity contribution in [2.45, 2.75) is 65.5 Å². The van der Waals surface area contributed by atoms with Gasteiger partial charge >= 0.3 is 0 Å². The summed E-state index contributed by atoms with van der Waals surface area (Å²) in [5.41, 5.74) is 5.13. The van der Waals surface area contributed by atoms with E-state index in [2.05, 4.69) is 71.6 Å². The molecule has 0 fully saturated rings. The molecule has 3 aromatic rings. The largest absolute Gasteiger partial charge is 0.433 e. The highest BCUT2D eigenvalue weighted by Crippen LogP contribution is 2.68. The molecule has 1 unspecified atom stereocenters. The first-order chi connectivity index (χ1) is 12.1. The summed E-state index contributed by atoms with van der Waals surface area (Å²) in [5.74, 6) is 1.73. The molecule has 0 N–H and O–H groups in total. The summed E-state index contributed by atoms with van der Waals surface area (Å²) in [6.45, 7) is 16.4. The second-order valence-electron chi connectivity index (χ2n) is 9.31. The van der Waals surface area contributed by atoms with Gasteiger partial charge in [-0.2, -0.15) is 0 Å². The Kier molecular flexibility index (Phi) is 2.71. The summed E-state index contributed by atoms with van der Waals surface area (Å²) < 4.78 is 12.0. The summed E-state index contributed by atoms with van der Waals surface area (Å²) in [6.07, 6.45) is 1.73. The molecule has 2 aliphatic heterocycles. The molecule has 2 atom stereocenters. The summed E-state index contributed by atoms with van der Waals surface area (Å²) in [6, 6.07) is 9.02. The first-order valence-electron chi connectivity index (χ1n) is 9.54. The van der Waals surface area contributed by atoms with E-state index in [9.17, 15) is 0 Å². The van der Waals surface area contributed by atoms with Gasteiger partial charge in [0, 0.05) is 16.7 Å². The number of para-hydroxylation sites is 1. The maximum absolute atomic E-state index is 6.37. The average molecular weight is 349 g/mol. The van der Waals surface area contributed by atoms with Gasteiger partial charge in [0.05, 0.1) is 17.7 Å². The van der Waals surface area contributed by atoms with Crippen molar-refractivity contribution >= 4 is 16.9 Å². The van der Waals surface area contributed by atoms with Crippen molar-refractivity contribution in [1.82, 2.24) is 0 Å². The van der Waals surface area contributed by atoms with Gasteiger partial charge in [-0.15, -0.1) is 0 Å². The van der Waals surface area contributed by atoms with Crippen molar-refractivity contribution in [2.24, 2.45) is 5.41 Å². The van der Waals surface area contributed by atoms with Crippen molar-refractivity contribution in [3.05, 3.63) is 53.0 Å². The lowest BCUT2D eigenvalue weighted by Crippen LogP contribution is -2.62. The number of furan rings is 2. The van der Waals surface area contributed by atoms with Gasteiger partial charge < -0.3 is 13.7 Å². The molecule has 3 nitrogen and oxygen atoms in total. The third-order valence-electron chi connectivity index (χ3n) is 8.02. The zero-order chi connectivity index (χ0) is 18.6. The minimum atomic E-state index is -0.244. The maximum atomic E-state index is 6.37. The number of nitrogens with zero attached hydrogens (tertiary/aromatic N) is 1. The lowest BCUT2D eigenvalue weighted by Gasteiger charge is -2.61. The lowest BCUT2D eigenvalue weighted by atomic mass is 9.52. The van der Waals surface area contributed by atoms with Crippen molar-refractivity contribution < 1.29 is 8.83 Å². The first kappa shape index (κ1) is 16.0. The van der Waals surface area contributed by atoms with Crippen LogP contribution >= 0.6 is 0 Å². The fourth-order valence-corrected chi connectivity index (χ4v) is 5.68. The highest BCUT2D eigenvalue weighted by molar-refractivity contribution is 5.84. The predicted octanol–water partition coefficient (Wildman–Crippen LogP) is 6.45. The Hall–Kier alpha value is -2.16. The Bertz CT molecular complexity index is 1050. The maximum Gasteiger partial charge on any atom is 0.297 e. The molecular weight excluding hydrogens is 322 g/mol. The van der Waals surface area contributed by atoms with E-state index in [0.29, 0.717) is 5.78 Å². The zero-order valence-corrected chi connectivity index (χ0v) is 16.7. The number of fused-ring (bicyclic) bond motifs is 7. The molecule has 136 valence electrons. The van der Waals surface area contributed by atoms with Gasteiger partial charge in [-0.25, -0.2) is 0 Å². The molecule has 4 heterocycles. The summed E-state index contributed by atoms with van der Waals surface area (Å²) in [5, 5.41) is 1.12. The Balaban J connectivity index is 1.94. The van der Waals surface area contributed by atoms with Crippen LogP contribution in [0.15, 0.2) is 39.4 Å². The van der Waals surface area contributed by atoms with E-state index < -0.39 is 0 Å². The van der Waals surface area contributed by atoms with E-state index >= 15 is 0 Å². The normalized spacial score (nSPS) is 28.1. The highest BCUT2D eigenvalue weighted by atomic mass is 16.5. The lowest BCUT2D eigenvalue weighted by molar-refractivity contribution is 0.0513. The number of anilines is 1. The van der Waals surface area contributed by atoms with Crippen LogP contribution in [-0.2, 0) is 11.0 Å². The fraction of sp³-hybridized carbons (Fsp3) is 0.478. The third kappa shape index (κ3) is 1.42. The second-order valence-corrected chi connectivity index (χ2v) is 9.31. The molecule has 0 amide bonds. The third-order valence-corrected chi connectivity index (χ3v) is 8.02. The van der Waals surface area contributed by atoms with Crippen molar-refractivity contribution in [3.63, 3.8) is 0 Å².